The maximum Gasteiger partial charge on any atom is 0.417 e. The Morgan fingerprint density at radius 1 is 1.44 bits per heavy atom. The highest BCUT2D eigenvalue weighted by molar-refractivity contribution is 9.10. The van der Waals surface area contributed by atoms with Crippen molar-refractivity contribution in [2.75, 3.05) is 7.11 Å². The smallest absolute Gasteiger partial charge is 0.417 e. The van der Waals surface area contributed by atoms with E-state index in [1.165, 1.54) is 0 Å². The van der Waals surface area contributed by atoms with Gasteiger partial charge in [-0.05, 0) is 28.1 Å². The van der Waals surface area contributed by atoms with Crippen molar-refractivity contribution in [2.45, 2.75) is 6.18 Å². The molecule has 1 aromatic rings. The van der Waals surface area contributed by atoms with Crippen molar-refractivity contribution in [1.29, 1.82) is 0 Å². The average Bonchev–Trinajstić information content (AvgIpc) is 2.14. The zero-order valence-corrected chi connectivity index (χ0v) is 9.65. The quantitative estimate of drug-likeness (QED) is 0.912. The van der Waals surface area contributed by atoms with Gasteiger partial charge in [-0.25, -0.2) is 0 Å². The van der Waals surface area contributed by atoms with Crippen molar-refractivity contribution >= 4 is 21.8 Å². The molecule has 0 spiro atoms. The largest absolute Gasteiger partial charge is 0.495 e. The summed E-state index contributed by atoms with van der Waals surface area (Å²) in [5.74, 6) is -1.41. The lowest BCUT2D eigenvalue weighted by Crippen LogP contribution is -2.20. The molecule has 3 nitrogen and oxygen atoms in total. The normalized spacial score (nSPS) is 11.3. The summed E-state index contributed by atoms with van der Waals surface area (Å²) >= 11 is 2.98. The summed E-state index contributed by atoms with van der Waals surface area (Å²) < 4.78 is 42.7. The van der Waals surface area contributed by atoms with E-state index in [4.69, 9.17) is 10.5 Å². The molecule has 0 saturated heterocycles. The maximum atomic E-state index is 12.6. The Morgan fingerprint density at radius 2 is 2.00 bits per heavy atom. The van der Waals surface area contributed by atoms with Gasteiger partial charge in [0.1, 0.15) is 5.75 Å². The molecule has 0 heterocycles. The van der Waals surface area contributed by atoms with Crippen LogP contribution in [0, 0.1) is 0 Å². The number of primary amides is 1. The van der Waals surface area contributed by atoms with E-state index in [1.54, 1.807) is 0 Å². The molecule has 0 fully saturated rings. The molecule has 0 aliphatic rings. The SMILES string of the molecule is COc1c(Br)ccc(C(F)(F)F)c1C(N)=O. The van der Waals surface area contributed by atoms with Crippen LogP contribution >= 0.6 is 15.9 Å². The number of methoxy groups -OCH3 is 1. The van der Waals surface area contributed by atoms with Crippen LogP contribution in [-0.4, -0.2) is 13.0 Å². The van der Waals surface area contributed by atoms with Crippen LogP contribution in [0.4, 0.5) is 13.2 Å². The van der Waals surface area contributed by atoms with Crippen LogP contribution in [-0.2, 0) is 6.18 Å². The summed E-state index contributed by atoms with van der Waals surface area (Å²) in [5.41, 5.74) is 3.13. The molecule has 0 aliphatic heterocycles. The van der Waals surface area contributed by atoms with E-state index in [2.05, 4.69) is 15.9 Å². The molecule has 0 aromatic heterocycles. The van der Waals surface area contributed by atoms with Gasteiger partial charge in [0.05, 0.1) is 22.7 Å². The van der Waals surface area contributed by atoms with E-state index in [9.17, 15) is 18.0 Å². The Bertz CT molecular complexity index is 431. The molecule has 0 unspecified atom stereocenters. The Balaban J connectivity index is 3.58. The number of nitrogens with two attached hydrogens (primary N) is 1. The number of ether oxygens (including phenoxy) is 1. The van der Waals surface area contributed by atoms with Crippen LogP contribution in [0.5, 0.6) is 5.75 Å². The number of rotatable bonds is 2. The predicted octanol–water partition coefficient (Wildman–Crippen LogP) is 2.58. The van der Waals surface area contributed by atoms with Crippen LogP contribution in [0.1, 0.15) is 15.9 Å². The fraction of sp³-hybridized carbons (Fsp3) is 0.222. The summed E-state index contributed by atoms with van der Waals surface area (Å²) in [6, 6.07) is 1.92. The van der Waals surface area contributed by atoms with Crippen molar-refractivity contribution in [3.63, 3.8) is 0 Å². The van der Waals surface area contributed by atoms with Crippen molar-refractivity contribution in [3.05, 3.63) is 27.7 Å². The highest BCUT2D eigenvalue weighted by Crippen LogP contribution is 2.39. The summed E-state index contributed by atoms with van der Waals surface area (Å²) in [5, 5.41) is 0. The molecule has 1 rings (SSSR count). The minimum atomic E-state index is -4.65. The van der Waals surface area contributed by atoms with Gasteiger partial charge in [0.15, 0.2) is 0 Å². The van der Waals surface area contributed by atoms with Gasteiger partial charge in [0.25, 0.3) is 5.91 Å². The van der Waals surface area contributed by atoms with Crippen LogP contribution in [0.15, 0.2) is 16.6 Å². The second-order valence-electron chi connectivity index (χ2n) is 2.87. The van der Waals surface area contributed by atoms with Gasteiger partial charge in [-0.15, -0.1) is 0 Å². The van der Waals surface area contributed by atoms with Gasteiger partial charge >= 0.3 is 6.18 Å². The lowest BCUT2D eigenvalue weighted by atomic mass is 10.1. The standard InChI is InChI=1S/C9H7BrF3NO2/c1-16-7-5(10)3-2-4(9(11,12)13)6(7)8(14)15/h2-3H,1H3,(H2,14,15). The van der Waals surface area contributed by atoms with E-state index in [-0.39, 0.29) is 10.2 Å². The second kappa shape index (κ2) is 4.32. The van der Waals surface area contributed by atoms with Gasteiger partial charge in [-0.2, -0.15) is 13.2 Å². The average molecular weight is 298 g/mol. The lowest BCUT2D eigenvalue weighted by molar-refractivity contribution is -0.138. The van der Waals surface area contributed by atoms with Crippen molar-refractivity contribution in [1.82, 2.24) is 0 Å². The van der Waals surface area contributed by atoms with Crippen molar-refractivity contribution in [3.8, 4) is 5.75 Å². The van der Waals surface area contributed by atoms with Gasteiger partial charge in [-0.3, -0.25) is 4.79 Å². The molecular formula is C9H7BrF3NO2. The zero-order chi connectivity index (χ0) is 12.5. The summed E-state index contributed by atoms with van der Waals surface area (Å²) in [7, 11) is 1.16. The van der Waals surface area contributed by atoms with Crippen LogP contribution in [0.25, 0.3) is 0 Å². The minimum Gasteiger partial charge on any atom is -0.495 e. The number of halogens is 4. The number of amides is 1. The van der Waals surface area contributed by atoms with Gasteiger partial charge in [-0.1, -0.05) is 0 Å². The third-order valence-electron chi connectivity index (χ3n) is 1.87. The molecule has 0 bridgehead atoms. The molecule has 0 aliphatic carbocycles. The van der Waals surface area contributed by atoms with Gasteiger partial charge in [0.2, 0.25) is 0 Å². The maximum absolute atomic E-state index is 12.6. The molecule has 2 N–H and O–H groups in total. The molecule has 0 saturated carbocycles. The first-order valence-corrected chi connectivity index (χ1v) is 4.81. The third-order valence-corrected chi connectivity index (χ3v) is 2.49. The first-order valence-electron chi connectivity index (χ1n) is 4.02. The van der Waals surface area contributed by atoms with E-state index >= 15 is 0 Å². The highest BCUT2D eigenvalue weighted by atomic mass is 79.9. The minimum absolute atomic E-state index is 0.220. The Morgan fingerprint density at radius 3 is 2.38 bits per heavy atom. The number of alkyl halides is 3. The topological polar surface area (TPSA) is 52.3 Å². The molecule has 1 aromatic carbocycles. The fourth-order valence-corrected chi connectivity index (χ4v) is 1.73. The monoisotopic (exact) mass is 297 g/mol. The Labute approximate surface area is 97.5 Å². The second-order valence-corrected chi connectivity index (χ2v) is 3.72. The van der Waals surface area contributed by atoms with E-state index < -0.39 is 23.2 Å². The number of hydrogen-bond acceptors (Lipinski definition) is 2. The van der Waals surface area contributed by atoms with Crippen molar-refractivity contribution in [2.24, 2.45) is 5.73 Å². The van der Waals surface area contributed by atoms with Gasteiger partial charge in [0, 0.05) is 0 Å². The van der Waals surface area contributed by atoms with E-state index in [0.29, 0.717) is 0 Å². The van der Waals surface area contributed by atoms with E-state index in [1.807, 2.05) is 0 Å². The molecule has 0 atom stereocenters. The van der Waals surface area contributed by atoms with Crippen LogP contribution in [0.3, 0.4) is 0 Å². The first kappa shape index (κ1) is 12.8. The number of carbonyl (C=O) groups is 1. The highest BCUT2D eigenvalue weighted by Gasteiger charge is 2.37. The zero-order valence-electron chi connectivity index (χ0n) is 8.06. The van der Waals surface area contributed by atoms with Crippen LogP contribution < -0.4 is 10.5 Å². The van der Waals surface area contributed by atoms with Crippen molar-refractivity contribution < 1.29 is 22.7 Å². The molecule has 7 heteroatoms. The number of hydrogen-bond donors (Lipinski definition) is 1. The number of benzene rings is 1. The molecular weight excluding hydrogens is 291 g/mol. The first-order chi connectivity index (χ1) is 7.29. The summed E-state index contributed by atoms with van der Waals surface area (Å²) in [6.45, 7) is 0. The molecule has 0 radical (unpaired) electrons. The number of carbonyl (C=O) groups excluding carboxylic acids is 1. The Kier molecular flexibility index (Phi) is 3.47. The third kappa shape index (κ3) is 2.29. The summed E-state index contributed by atoms with van der Waals surface area (Å²) in [4.78, 5) is 11.0. The fourth-order valence-electron chi connectivity index (χ4n) is 1.24. The molecule has 88 valence electrons. The predicted molar refractivity (Wildman–Crippen MR) is 54.2 cm³/mol. The summed E-state index contributed by atoms with van der Waals surface area (Å²) in [6.07, 6.45) is -4.65. The van der Waals surface area contributed by atoms with E-state index in [0.717, 1.165) is 19.2 Å². The Hall–Kier alpha value is -1.24. The van der Waals surface area contributed by atoms with Gasteiger partial charge < -0.3 is 10.5 Å². The molecule has 1 amide bonds. The lowest BCUT2D eigenvalue weighted by Gasteiger charge is -2.14. The molecule has 16 heavy (non-hydrogen) atoms. The van der Waals surface area contributed by atoms with Crippen LogP contribution in [0.2, 0.25) is 0 Å².